The summed E-state index contributed by atoms with van der Waals surface area (Å²) in [7, 11) is 0. The highest BCUT2D eigenvalue weighted by Gasteiger charge is 2.60. The summed E-state index contributed by atoms with van der Waals surface area (Å²) in [5.41, 5.74) is 3.83. The van der Waals surface area contributed by atoms with Crippen molar-refractivity contribution in [2.75, 3.05) is 0 Å². The molecule has 0 saturated heterocycles. The Bertz CT molecular complexity index is 962. The van der Waals surface area contributed by atoms with E-state index in [-0.39, 0.29) is 11.7 Å². The molecule has 0 amide bonds. The van der Waals surface area contributed by atoms with Crippen LogP contribution >= 0.6 is 0 Å². The van der Waals surface area contributed by atoms with Crippen LogP contribution in [-0.2, 0) is 5.60 Å². The second kappa shape index (κ2) is 5.32. The molecule has 0 N–H and O–H groups in total. The molecule has 1 nitrogen and oxygen atoms in total. The van der Waals surface area contributed by atoms with Crippen molar-refractivity contribution < 1.29 is 9.13 Å². The average molecular weight is 328 g/mol. The lowest BCUT2D eigenvalue weighted by molar-refractivity contribution is 0.0549. The molecule has 1 saturated carbocycles. The van der Waals surface area contributed by atoms with Gasteiger partial charge in [-0.25, -0.2) is 4.39 Å². The fraction of sp³-hybridized carbons (Fsp3) is 0.130. The third-order valence-corrected chi connectivity index (χ3v) is 5.37. The van der Waals surface area contributed by atoms with E-state index in [1.54, 1.807) is 6.07 Å². The van der Waals surface area contributed by atoms with E-state index in [1.807, 2.05) is 42.5 Å². The smallest absolute Gasteiger partial charge is 0.165 e. The van der Waals surface area contributed by atoms with Crippen molar-refractivity contribution >= 4 is 6.08 Å². The Balaban J connectivity index is 1.68. The molecule has 0 unspecified atom stereocenters. The maximum Gasteiger partial charge on any atom is 0.165 e. The summed E-state index contributed by atoms with van der Waals surface area (Å²) in [5.74, 6) is 0.296. The van der Waals surface area contributed by atoms with Gasteiger partial charge in [0, 0.05) is 17.0 Å². The molecular formula is C23H17FO. The van der Waals surface area contributed by atoms with Gasteiger partial charge in [-0.05, 0) is 23.6 Å². The Morgan fingerprint density at radius 1 is 0.880 bits per heavy atom. The Morgan fingerprint density at radius 3 is 2.36 bits per heavy atom. The molecule has 2 atom stereocenters. The van der Waals surface area contributed by atoms with Crippen molar-refractivity contribution in [3.63, 3.8) is 0 Å². The maximum atomic E-state index is 14.4. The molecule has 0 radical (unpaired) electrons. The van der Waals surface area contributed by atoms with Crippen LogP contribution in [0.1, 0.15) is 29.0 Å². The molecule has 1 aliphatic carbocycles. The van der Waals surface area contributed by atoms with E-state index in [2.05, 4.69) is 30.3 Å². The fourth-order valence-electron chi connectivity index (χ4n) is 4.19. The van der Waals surface area contributed by atoms with Crippen molar-refractivity contribution in [2.24, 2.45) is 0 Å². The maximum absolute atomic E-state index is 14.4. The molecule has 2 heteroatoms. The van der Waals surface area contributed by atoms with Gasteiger partial charge in [0.15, 0.2) is 17.2 Å². The van der Waals surface area contributed by atoms with Crippen molar-refractivity contribution in [3.05, 3.63) is 107 Å². The van der Waals surface area contributed by atoms with Crippen molar-refractivity contribution in [2.45, 2.75) is 17.9 Å². The summed E-state index contributed by atoms with van der Waals surface area (Å²) in [6.07, 6.45) is 3.08. The highest BCUT2D eigenvalue weighted by Crippen LogP contribution is 2.65. The molecule has 5 rings (SSSR count). The molecule has 3 aromatic carbocycles. The van der Waals surface area contributed by atoms with Gasteiger partial charge in [0.2, 0.25) is 0 Å². The lowest BCUT2D eigenvalue weighted by atomic mass is 9.60. The lowest BCUT2D eigenvalue weighted by Crippen LogP contribution is -2.46. The summed E-state index contributed by atoms with van der Waals surface area (Å²) in [6, 6.07) is 25.7. The summed E-state index contributed by atoms with van der Waals surface area (Å²) in [5, 5.41) is 0. The zero-order valence-electron chi connectivity index (χ0n) is 13.7. The summed E-state index contributed by atoms with van der Waals surface area (Å²) in [6.45, 7) is 0. The summed E-state index contributed by atoms with van der Waals surface area (Å²) < 4.78 is 20.7. The number of hydrogen-bond donors (Lipinski definition) is 0. The van der Waals surface area contributed by atoms with E-state index in [4.69, 9.17) is 4.74 Å². The van der Waals surface area contributed by atoms with Crippen molar-refractivity contribution in [1.82, 2.24) is 0 Å². The molecule has 2 aliphatic rings. The zero-order valence-corrected chi connectivity index (χ0v) is 13.7. The normalized spacial score (nSPS) is 25.0. The van der Waals surface area contributed by atoms with Gasteiger partial charge in [-0.1, -0.05) is 78.9 Å². The first-order valence-corrected chi connectivity index (χ1v) is 8.58. The van der Waals surface area contributed by atoms with Crippen molar-refractivity contribution in [1.29, 1.82) is 0 Å². The van der Waals surface area contributed by atoms with Crippen LogP contribution in [0.25, 0.3) is 6.08 Å². The Morgan fingerprint density at radius 2 is 1.60 bits per heavy atom. The SMILES string of the molecule is Fc1cccc2c1O[C@]1(c3ccccc3)C(=Cc3ccccc3)C[C@H]21. The van der Waals surface area contributed by atoms with Crippen molar-refractivity contribution in [3.8, 4) is 5.75 Å². The van der Waals surface area contributed by atoms with Crippen LogP contribution in [0.3, 0.4) is 0 Å². The van der Waals surface area contributed by atoms with E-state index in [9.17, 15) is 4.39 Å². The van der Waals surface area contributed by atoms with E-state index in [0.717, 1.165) is 23.1 Å². The van der Waals surface area contributed by atoms with Crippen LogP contribution in [0.2, 0.25) is 0 Å². The quantitative estimate of drug-likeness (QED) is 0.587. The molecule has 1 aliphatic heterocycles. The molecule has 1 heterocycles. The monoisotopic (exact) mass is 328 g/mol. The highest BCUT2D eigenvalue weighted by molar-refractivity contribution is 5.66. The molecule has 0 spiro atoms. The average Bonchev–Trinajstić information content (AvgIpc) is 2.92. The third-order valence-electron chi connectivity index (χ3n) is 5.37. The number of benzene rings is 3. The largest absolute Gasteiger partial charge is 0.474 e. The summed E-state index contributed by atoms with van der Waals surface area (Å²) in [4.78, 5) is 0. The van der Waals surface area contributed by atoms with Crippen LogP contribution in [0, 0.1) is 5.82 Å². The molecule has 0 bridgehead atoms. The van der Waals surface area contributed by atoms with Gasteiger partial charge in [-0.3, -0.25) is 0 Å². The summed E-state index contributed by atoms with van der Waals surface area (Å²) >= 11 is 0. The second-order valence-electron chi connectivity index (χ2n) is 6.70. The van der Waals surface area contributed by atoms with E-state index >= 15 is 0 Å². The predicted molar refractivity (Wildman–Crippen MR) is 96.9 cm³/mol. The zero-order chi connectivity index (χ0) is 16.9. The Kier molecular flexibility index (Phi) is 3.08. The first-order chi connectivity index (χ1) is 12.3. The molecule has 122 valence electrons. The van der Waals surface area contributed by atoms with E-state index < -0.39 is 5.60 Å². The van der Waals surface area contributed by atoms with Crippen LogP contribution in [0.4, 0.5) is 4.39 Å². The number of ether oxygens (including phenoxy) is 1. The fourth-order valence-corrected chi connectivity index (χ4v) is 4.19. The van der Waals surface area contributed by atoms with Crippen LogP contribution < -0.4 is 4.74 Å². The lowest BCUT2D eigenvalue weighted by Gasteiger charge is -2.46. The predicted octanol–water partition coefficient (Wildman–Crippen LogP) is 5.68. The number of para-hydroxylation sites is 1. The topological polar surface area (TPSA) is 9.23 Å². The number of halogens is 1. The van der Waals surface area contributed by atoms with Gasteiger partial charge >= 0.3 is 0 Å². The van der Waals surface area contributed by atoms with Gasteiger partial charge in [0.05, 0.1) is 0 Å². The number of rotatable bonds is 2. The van der Waals surface area contributed by atoms with Gasteiger partial charge in [0.1, 0.15) is 0 Å². The van der Waals surface area contributed by atoms with Crippen LogP contribution in [0.5, 0.6) is 5.75 Å². The molecular weight excluding hydrogens is 311 g/mol. The Hall–Kier alpha value is -2.87. The molecule has 0 aromatic heterocycles. The standard InChI is InChI=1S/C23H17FO/c24-21-13-7-12-19-20-15-18(14-16-8-3-1-4-9-16)23(20,25-22(19)21)17-10-5-2-6-11-17/h1-14,20H,15H2/t20-,23-/m1/s1. The second-order valence-corrected chi connectivity index (χ2v) is 6.70. The molecule has 1 fully saturated rings. The number of fused-ring (bicyclic) bond motifs is 3. The van der Waals surface area contributed by atoms with Crippen LogP contribution in [0.15, 0.2) is 84.4 Å². The Labute approximate surface area is 146 Å². The number of hydrogen-bond acceptors (Lipinski definition) is 1. The first-order valence-electron chi connectivity index (χ1n) is 8.58. The van der Waals surface area contributed by atoms with E-state index in [1.165, 1.54) is 11.6 Å². The third kappa shape index (κ3) is 2.00. The van der Waals surface area contributed by atoms with Gasteiger partial charge in [-0.2, -0.15) is 0 Å². The van der Waals surface area contributed by atoms with Crippen LogP contribution in [-0.4, -0.2) is 0 Å². The minimum Gasteiger partial charge on any atom is -0.474 e. The minimum atomic E-state index is -0.582. The van der Waals surface area contributed by atoms with E-state index in [0.29, 0.717) is 5.75 Å². The first kappa shape index (κ1) is 14.5. The molecule has 25 heavy (non-hydrogen) atoms. The highest BCUT2D eigenvalue weighted by atomic mass is 19.1. The minimum absolute atomic E-state index is 0.163. The molecule has 3 aromatic rings. The van der Waals surface area contributed by atoms with Gasteiger partial charge < -0.3 is 4.74 Å². The van der Waals surface area contributed by atoms with Gasteiger partial charge in [0.25, 0.3) is 0 Å². The van der Waals surface area contributed by atoms with Gasteiger partial charge in [-0.15, -0.1) is 0 Å².